The van der Waals surface area contributed by atoms with Crippen LogP contribution in [0.25, 0.3) is 0 Å². The van der Waals surface area contributed by atoms with Gasteiger partial charge in [0.15, 0.2) is 0 Å². The molecule has 0 aromatic carbocycles. The number of thiophene rings is 1. The van der Waals surface area contributed by atoms with E-state index in [9.17, 15) is 4.79 Å². The molecule has 1 aliphatic rings. The van der Waals surface area contributed by atoms with Crippen LogP contribution in [-0.2, 0) is 4.79 Å². The molecule has 0 N–H and O–H groups in total. The highest BCUT2D eigenvalue weighted by Crippen LogP contribution is 2.41. The van der Waals surface area contributed by atoms with Gasteiger partial charge in [0, 0.05) is 16.8 Å². The minimum absolute atomic E-state index is 0.248. The summed E-state index contributed by atoms with van der Waals surface area (Å²) in [7, 11) is 4.25. The standard InChI is InChI=1S/C14H21NOS/c1-15(2)14(13-8-5-9-17-13)12-7-4-3-6-11(12)10-16/h5,8-12,14H,3-4,6-7H2,1-2H3. The monoisotopic (exact) mass is 251 g/mol. The Morgan fingerprint density at radius 3 is 2.76 bits per heavy atom. The Bertz CT molecular complexity index is 347. The number of hydrogen-bond donors (Lipinski definition) is 0. The molecule has 3 unspecified atom stereocenters. The molecular weight excluding hydrogens is 230 g/mol. The average molecular weight is 251 g/mol. The summed E-state index contributed by atoms with van der Waals surface area (Å²) in [6, 6.07) is 4.71. The van der Waals surface area contributed by atoms with E-state index in [2.05, 4.69) is 36.5 Å². The second-order valence-corrected chi connectivity index (χ2v) is 6.15. The van der Waals surface area contributed by atoms with E-state index < -0.39 is 0 Å². The molecule has 3 heteroatoms. The van der Waals surface area contributed by atoms with Gasteiger partial charge in [0.2, 0.25) is 0 Å². The van der Waals surface area contributed by atoms with Crippen molar-refractivity contribution in [2.45, 2.75) is 31.7 Å². The molecule has 1 fully saturated rings. The molecule has 2 rings (SSSR count). The van der Waals surface area contributed by atoms with Crippen molar-refractivity contribution in [1.29, 1.82) is 0 Å². The summed E-state index contributed by atoms with van der Waals surface area (Å²) in [5.74, 6) is 0.744. The molecule has 0 radical (unpaired) electrons. The number of hydrogen-bond acceptors (Lipinski definition) is 3. The van der Waals surface area contributed by atoms with E-state index in [1.807, 2.05) is 11.3 Å². The fraction of sp³-hybridized carbons (Fsp3) is 0.643. The summed E-state index contributed by atoms with van der Waals surface area (Å²) < 4.78 is 0. The Morgan fingerprint density at radius 2 is 2.18 bits per heavy atom. The fourth-order valence-corrected chi connectivity index (χ4v) is 4.05. The van der Waals surface area contributed by atoms with E-state index in [1.165, 1.54) is 30.4 Å². The van der Waals surface area contributed by atoms with Crippen molar-refractivity contribution in [2.75, 3.05) is 14.1 Å². The molecule has 0 spiro atoms. The van der Waals surface area contributed by atoms with Crippen molar-refractivity contribution in [3.05, 3.63) is 22.4 Å². The van der Waals surface area contributed by atoms with Crippen molar-refractivity contribution in [1.82, 2.24) is 4.90 Å². The SMILES string of the molecule is CN(C)C(c1cccs1)C1CCCCC1C=O. The Labute approximate surface area is 108 Å². The van der Waals surface area contributed by atoms with Crippen molar-refractivity contribution >= 4 is 17.6 Å². The van der Waals surface area contributed by atoms with Crippen LogP contribution >= 0.6 is 11.3 Å². The summed E-state index contributed by atoms with van der Waals surface area (Å²) in [5, 5.41) is 2.13. The van der Waals surface area contributed by atoms with Gasteiger partial charge in [-0.2, -0.15) is 0 Å². The average Bonchev–Trinajstić information content (AvgIpc) is 2.83. The molecule has 1 aromatic heterocycles. The molecule has 1 aromatic rings. The molecule has 0 aliphatic heterocycles. The molecule has 1 heterocycles. The predicted octanol–water partition coefficient (Wildman–Crippen LogP) is 3.36. The zero-order valence-electron chi connectivity index (χ0n) is 10.6. The van der Waals surface area contributed by atoms with Gasteiger partial charge in [-0.25, -0.2) is 0 Å². The maximum atomic E-state index is 11.3. The summed E-state index contributed by atoms with van der Waals surface area (Å²) >= 11 is 1.81. The first-order valence-corrected chi connectivity index (χ1v) is 7.27. The summed E-state index contributed by atoms with van der Waals surface area (Å²) in [4.78, 5) is 14.9. The lowest BCUT2D eigenvalue weighted by molar-refractivity contribution is -0.114. The van der Waals surface area contributed by atoms with Crippen LogP contribution in [0.1, 0.15) is 36.6 Å². The minimum Gasteiger partial charge on any atom is -0.303 e. The smallest absolute Gasteiger partial charge is 0.123 e. The summed E-state index contributed by atoms with van der Waals surface area (Å²) in [6.45, 7) is 0. The second kappa shape index (κ2) is 5.78. The summed E-state index contributed by atoms with van der Waals surface area (Å²) in [6.07, 6.45) is 5.93. The topological polar surface area (TPSA) is 20.3 Å². The van der Waals surface area contributed by atoms with Gasteiger partial charge in [0.05, 0.1) is 0 Å². The van der Waals surface area contributed by atoms with E-state index in [0.717, 1.165) is 6.42 Å². The second-order valence-electron chi connectivity index (χ2n) is 5.17. The minimum atomic E-state index is 0.248. The van der Waals surface area contributed by atoms with Crippen molar-refractivity contribution < 1.29 is 4.79 Å². The lowest BCUT2D eigenvalue weighted by atomic mass is 9.75. The summed E-state index contributed by atoms with van der Waals surface area (Å²) in [5.41, 5.74) is 0. The molecule has 17 heavy (non-hydrogen) atoms. The molecule has 94 valence electrons. The number of aldehydes is 1. The number of carbonyl (C=O) groups is 1. The van der Waals surface area contributed by atoms with Gasteiger partial charge in [0.25, 0.3) is 0 Å². The van der Waals surface area contributed by atoms with Gasteiger partial charge in [-0.05, 0) is 44.3 Å². The highest BCUT2D eigenvalue weighted by molar-refractivity contribution is 7.10. The molecular formula is C14H21NOS. The Balaban J connectivity index is 2.23. The van der Waals surface area contributed by atoms with Crippen LogP contribution in [0.15, 0.2) is 17.5 Å². The first-order valence-electron chi connectivity index (χ1n) is 6.39. The zero-order chi connectivity index (χ0) is 12.3. The molecule has 1 aliphatic carbocycles. The van der Waals surface area contributed by atoms with Crippen molar-refractivity contribution in [2.24, 2.45) is 11.8 Å². The van der Waals surface area contributed by atoms with Crippen molar-refractivity contribution in [3.8, 4) is 0 Å². The van der Waals surface area contributed by atoms with Crippen molar-refractivity contribution in [3.63, 3.8) is 0 Å². The van der Waals surface area contributed by atoms with Gasteiger partial charge >= 0.3 is 0 Å². The predicted molar refractivity (Wildman–Crippen MR) is 72.3 cm³/mol. The van der Waals surface area contributed by atoms with E-state index in [1.54, 1.807) is 0 Å². The van der Waals surface area contributed by atoms with Gasteiger partial charge in [-0.1, -0.05) is 18.9 Å². The molecule has 1 saturated carbocycles. The quantitative estimate of drug-likeness (QED) is 0.765. The molecule has 0 bridgehead atoms. The third kappa shape index (κ3) is 2.78. The number of rotatable bonds is 4. The third-order valence-electron chi connectivity index (χ3n) is 3.85. The van der Waals surface area contributed by atoms with Crippen LogP contribution in [0.2, 0.25) is 0 Å². The normalized spacial score (nSPS) is 27.0. The Morgan fingerprint density at radius 1 is 1.41 bits per heavy atom. The molecule has 3 atom stereocenters. The van der Waals surface area contributed by atoms with Gasteiger partial charge in [-0.15, -0.1) is 11.3 Å². The van der Waals surface area contributed by atoms with E-state index >= 15 is 0 Å². The van der Waals surface area contributed by atoms with Crippen LogP contribution in [0.3, 0.4) is 0 Å². The molecule has 2 nitrogen and oxygen atoms in total. The Kier molecular flexibility index (Phi) is 4.35. The lowest BCUT2D eigenvalue weighted by Gasteiger charge is -2.37. The third-order valence-corrected chi connectivity index (χ3v) is 4.79. The van der Waals surface area contributed by atoms with Crippen LogP contribution in [0.5, 0.6) is 0 Å². The van der Waals surface area contributed by atoms with Crippen LogP contribution in [0.4, 0.5) is 0 Å². The number of nitrogens with zero attached hydrogens (tertiary/aromatic N) is 1. The highest BCUT2D eigenvalue weighted by atomic mass is 32.1. The van der Waals surface area contributed by atoms with Crippen LogP contribution in [-0.4, -0.2) is 25.3 Å². The van der Waals surface area contributed by atoms with E-state index in [4.69, 9.17) is 0 Å². The van der Waals surface area contributed by atoms with Gasteiger partial charge in [0.1, 0.15) is 6.29 Å². The maximum absolute atomic E-state index is 11.3. The first kappa shape index (κ1) is 12.8. The zero-order valence-corrected chi connectivity index (χ0v) is 11.5. The highest BCUT2D eigenvalue weighted by Gasteiger charge is 2.34. The Hall–Kier alpha value is -0.670. The van der Waals surface area contributed by atoms with Gasteiger partial charge < -0.3 is 9.69 Å². The van der Waals surface area contributed by atoms with Gasteiger partial charge in [-0.3, -0.25) is 0 Å². The lowest BCUT2D eigenvalue weighted by Crippen LogP contribution is -2.34. The van der Waals surface area contributed by atoms with Crippen LogP contribution < -0.4 is 0 Å². The molecule has 0 amide bonds. The maximum Gasteiger partial charge on any atom is 0.123 e. The first-order chi connectivity index (χ1) is 8.24. The van der Waals surface area contributed by atoms with E-state index in [-0.39, 0.29) is 5.92 Å². The largest absolute Gasteiger partial charge is 0.303 e. The fourth-order valence-electron chi connectivity index (χ4n) is 3.06. The van der Waals surface area contributed by atoms with E-state index in [0.29, 0.717) is 12.0 Å². The number of carbonyl (C=O) groups excluding carboxylic acids is 1. The van der Waals surface area contributed by atoms with Crippen LogP contribution in [0, 0.1) is 11.8 Å². The molecule has 0 saturated heterocycles.